The van der Waals surface area contributed by atoms with Gasteiger partial charge in [-0.3, -0.25) is 4.90 Å². The lowest BCUT2D eigenvalue weighted by Gasteiger charge is -2.37. The second-order valence-electron chi connectivity index (χ2n) is 5.95. The molecule has 2 fully saturated rings. The van der Waals surface area contributed by atoms with Crippen LogP contribution in [0.4, 0.5) is 0 Å². The lowest BCUT2D eigenvalue weighted by atomic mass is 10.00. The molecule has 2 saturated heterocycles. The van der Waals surface area contributed by atoms with E-state index in [0.29, 0.717) is 6.10 Å². The van der Waals surface area contributed by atoms with Crippen molar-refractivity contribution in [2.45, 2.75) is 51.7 Å². The maximum absolute atomic E-state index is 5.72. The molecule has 2 atom stereocenters. The molecule has 0 bridgehead atoms. The van der Waals surface area contributed by atoms with Crippen molar-refractivity contribution in [2.75, 3.05) is 32.8 Å². The van der Waals surface area contributed by atoms with Crippen LogP contribution >= 0.6 is 0 Å². The zero-order valence-electron chi connectivity index (χ0n) is 11.5. The molecule has 0 aromatic heterocycles. The number of hydrogen-bond donors (Lipinski definition) is 1. The molecule has 2 rings (SSSR count). The van der Waals surface area contributed by atoms with Crippen LogP contribution in [0.15, 0.2) is 0 Å². The molecule has 0 aliphatic carbocycles. The van der Waals surface area contributed by atoms with E-state index >= 15 is 0 Å². The molecule has 2 heterocycles. The van der Waals surface area contributed by atoms with Crippen LogP contribution < -0.4 is 5.32 Å². The quantitative estimate of drug-likeness (QED) is 0.794. The average molecular weight is 240 g/mol. The van der Waals surface area contributed by atoms with Crippen molar-refractivity contribution in [1.82, 2.24) is 10.2 Å². The summed E-state index contributed by atoms with van der Waals surface area (Å²) in [6.07, 6.45) is 5.64. The third-order valence-corrected chi connectivity index (χ3v) is 3.98. The maximum atomic E-state index is 5.72. The van der Waals surface area contributed by atoms with E-state index in [9.17, 15) is 0 Å². The van der Waals surface area contributed by atoms with Gasteiger partial charge >= 0.3 is 0 Å². The van der Waals surface area contributed by atoms with Crippen molar-refractivity contribution >= 4 is 0 Å². The molecular weight excluding hydrogens is 212 g/mol. The average Bonchev–Trinajstić information content (AvgIpc) is 2.80. The van der Waals surface area contributed by atoms with E-state index in [2.05, 4.69) is 24.1 Å². The molecule has 3 nitrogen and oxygen atoms in total. The van der Waals surface area contributed by atoms with E-state index in [4.69, 9.17) is 4.74 Å². The Morgan fingerprint density at radius 2 is 2.29 bits per heavy atom. The Morgan fingerprint density at radius 3 is 3.00 bits per heavy atom. The molecule has 0 radical (unpaired) electrons. The first-order valence-corrected chi connectivity index (χ1v) is 7.32. The molecule has 100 valence electrons. The Kier molecular flexibility index (Phi) is 5.26. The first-order valence-electron chi connectivity index (χ1n) is 7.32. The summed E-state index contributed by atoms with van der Waals surface area (Å²) >= 11 is 0. The van der Waals surface area contributed by atoms with Crippen LogP contribution in [0, 0.1) is 5.92 Å². The lowest BCUT2D eigenvalue weighted by molar-refractivity contribution is 0.0746. The third kappa shape index (κ3) is 4.23. The summed E-state index contributed by atoms with van der Waals surface area (Å²) in [7, 11) is 0. The summed E-state index contributed by atoms with van der Waals surface area (Å²) in [4.78, 5) is 2.68. The third-order valence-electron chi connectivity index (χ3n) is 3.98. The van der Waals surface area contributed by atoms with Crippen molar-refractivity contribution in [3.8, 4) is 0 Å². The van der Waals surface area contributed by atoms with Crippen LogP contribution in [-0.2, 0) is 4.74 Å². The van der Waals surface area contributed by atoms with Crippen LogP contribution in [-0.4, -0.2) is 49.8 Å². The van der Waals surface area contributed by atoms with Gasteiger partial charge in [-0.2, -0.15) is 0 Å². The molecule has 2 aliphatic rings. The minimum absolute atomic E-state index is 0.546. The highest BCUT2D eigenvalue weighted by Gasteiger charge is 2.24. The van der Waals surface area contributed by atoms with E-state index in [-0.39, 0.29) is 0 Å². The van der Waals surface area contributed by atoms with E-state index < -0.39 is 0 Å². The van der Waals surface area contributed by atoms with Crippen molar-refractivity contribution < 1.29 is 4.74 Å². The van der Waals surface area contributed by atoms with Gasteiger partial charge in [-0.25, -0.2) is 0 Å². The Morgan fingerprint density at radius 1 is 1.41 bits per heavy atom. The molecule has 0 aromatic carbocycles. The van der Waals surface area contributed by atoms with Crippen LogP contribution in [0.2, 0.25) is 0 Å². The largest absolute Gasteiger partial charge is 0.378 e. The number of piperazine rings is 1. The first-order chi connectivity index (χ1) is 8.25. The molecule has 2 aliphatic heterocycles. The lowest BCUT2D eigenvalue weighted by Crippen LogP contribution is -2.52. The zero-order chi connectivity index (χ0) is 12.1. The zero-order valence-corrected chi connectivity index (χ0v) is 11.5. The van der Waals surface area contributed by atoms with E-state index in [0.717, 1.165) is 25.1 Å². The standard InChI is InChI=1S/C14H28N2O/c1-12(2)10-13-11-15-6-8-16(13)7-5-14-4-3-9-17-14/h12-15H,3-11H2,1-2H3. The minimum Gasteiger partial charge on any atom is -0.378 e. The fraction of sp³-hybridized carbons (Fsp3) is 1.00. The molecule has 3 heteroatoms. The Balaban J connectivity index is 1.74. The predicted octanol–water partition coefficient (Wildman–Crippen LogP) is 1.88. The molecule has 0 amide bonds. The summed E-state index contributed by atoms with van der Waals surface area (Å²) in [5.74, 6) is 0.796. The van der Waals surface area contributed by atoms with Crippen molar-refractivity contribution in [1.29, 1.82) is 0 Å². The van der Waals surface area contributed by atoms with Crippen LogP contribution in [0.5, 0.6) is 0 Å². The van der Waals surface area contributed by atoms with Gasteiger partial charge in [0.1, 0.15) is 0 Å². The van der Waals surface area contributed by atoms with Gasteiger partial charge < -0.3 is 10.1 Å². The number of nitrogens with one attached hydrogen (secondary N) is 1. The van der Waals surface area contributed by atoms with Gasteiger partial charge in [0.05, 0.1) is 6.10 Å². The SMILES string of the molecule is CC(C)CC1CNCCN1CCC1CCCO1. The van der Waals surface area contributed by atoms with E-state index in [1.54, 1.807) is 0 Å². The van der Waals surface area contributed by atoms with Gasteiger partial charge in [0, 0.05) is 38.8 Å². The molecule has 0 saturated carbocycles. The second kappa shape index (κ2) is 6.72. The van der Waals surface area contributed by atoms with Gasteiger partial charge in [-0.1, -0.05) is 13.8 Å². The van der Waals surface area contributed by atoms with Gasteiger partial charge in [0.15, 0.2) is 0 Å². The highest BCUT2D eigenvalue weighted by Crippen LogP contribution is 2.18. The van der Waals surface area contributed by atoms with Crippen LogP contribution in [0.1, 0.15) is 39.5 Å². The molecular formula is C14H28N2O. The van der Waals surface area contributed by atoms with E-state index in [1.807, 2.05) is 0 Å². The summed E-state index contributed by atoms with van der Waals surface area (Å²) < 4.78 is 5.72. The molecule has 1 N–H and O–H groups in total. The monoisotopic (exact) mass is 240 g/mol. The summed E-state index contributed by atoms with van der Waals surface area (Å²) in [5, 5.41) is 3.53. The summed E-state index contributed by atoms with van der Waals surface area (Å²) in [6.45, 7) is 10.4. The van der Waals surface area contributed by atoms with Crippen LogP contribution in [0.3, 0.4) is 0 Å². The maximum Gasteiger partial charge on any atom is 0.0588 e. The predicted molar refractivity (Wildman–Crippen MR) is 71.3 cm³/mol. The molecule has 2 unspecified atom stereocenters. The normalized spacial score (nSPS) is 31.2. The first kappa shape index (κ1) is 13.3. The van der Waals surface area contributed by atoms with E-state index in [1.165, 1.54) is 45.3 Å². The molecule has 0 spiro atoms. The van der Waals surface area contributed by atoms with Crippen molar-refractivity contribution in [3.05, 3.63) is 0 Å². The van der Waals surface area contributed by atoms with Gasteiger partial charge in [0.25, 0.3) is 0 Å². The number of ether oxygens (including phenoxy) is 1. The van der Waals surface area contributed by atoms with Gasteiger partial charge in [-0.15, -0.1) is 0 Å². The Bertz CT molecular complexity index is 214. The molecule has 0 aromatic rings. The number of hydrogen-bond acceptors (Lipinski definition) is 3. The summed E-state index contributed by atoms with van der Waals surface area (Å²) in [6, 6.07) is 0.741. The fourth-order valence-electron chi connectivity index (χ4n) is 3.06. The van der Waals surface area contributed by atoms with Crippen LogP contribution in [0.25, 0.3) is 0 Å². The highest BCUT2D eigenvalue weighted by molar-refractivity contribution is 4.81. The Labute approximate surface area is 106 Å². The highest BCUT2D eigenvalue weighted by atomic mass is 16.5. The van der Waals surface area contributed by atoms with Gasteiger partial charge in [-0.05, 0) is 31.6 Å². The van der Waals surface area contributed by atoms with Gasteiger partial charge in [0.2, 0.25) is 0 Å². The molecule has 17 heavy (non-hydrogen) atoms. The summed E-state index contributed by atoms with van der Waals surface area (Å²) in [5.41, 5.74) is 0. The Hall–Kier alpha value is -0.120. The van der Waals surface area contributed by atoms with Crippen molar-refractivity contribution in [2.24, 2.45) is 5.92 Å². The van der Waals surface area contributed by atoms with Crippen molar-refractivity contribution in [3.63, 3.8) is 0 Å². The minimum atomic E-state index is 0.546. The second-order valence-corrected chi connectivity index (χ2v) is 5.95. The number of rotatable bonds is 5. The topological polar surface area (TPSA) is 24.5 Å². The number of nitrogens with zero attached hydrogens (tertiary/aromatic N) is 1. The smallest absolute Gasteiger partial charge is 0.0588 e. The fourth-order valence-corrected chi connectivity index (χ4v) is 3.06.